The number of hydrogen-bond donors (Lipinski definition) is 0. The van der Waals surface area contributed by atoms with E-state index in [-0.39, 0.29) is 11.8 Å². The molecule has 2 aliphatic heterocycles. The van der Waals surface area contributed by atoms with Gasteiger partial charge in [-0.1, -0.05) is 24.3 Å². The summed E-state index contributed by atoms with van der Waals surface area (Å²) in [5.74, 6) is 0.0470. The van der Waals surface area contributed by atoms with Crippen molar-refractivity contribution in [1.82, 2.24) is 9.88 Å². The van der Waals surface area contributed by atoms with Gasteiger partial charge in [0.2, 0.25) is 5.91 Å². The van der Waals surface area contributed by atoms with E-state index in [1.165, 1.54) is 0 Å². The zero-order valence-corrected chi connectivity index (χ0v) is 16.6. The van der Waals surface area contributed by atoms with Crippen LogP contribution in [0.3, 0.4) is 0 Å². The standard InChI is InChI=1S/C23H27N3O3/c27-21(11-10-19-7-6-13-24-17-19)25-15-16-29-23(18-25)12-4-5-14-26(22(23)28)20-8-2-1-3-9-20/h1-3,6-9,13,17H,4-5,10-12,14-16,18H2. The fraction of sp³-hybridized carbons (Fsp3) is 0.435. The number of carbonyl (C=O) groups excluding carboxylic acids is 2. The molecule has 1 aromatic carbocycles. The second-order valence-electron chi connectivity index (χ2n) is 7.77. The second kappa shape index (κ2) is 8.74. The van der Waals surface area contributed by atoms with Crippen molar-refractivity contribution in [2.24, 2.45) is 0 Å². The number of hydrogen-bond acceptors (Lipinski definition) is 4. The first-order chi connectivity index (χ1) is 14.2. The number of rotatable bonds is 4. The Morgan fingerprint density at radius 2 is 1.97 bits per heavy atom. The monoisotopic (exact) mass is 393 g/mol. The summed E-state index contributed by atoms with van der Waals surface area (Å²) in [7, 11) is 0. The number of benzene rings is 1. The molecule has 2 amide bonds. The molecule has 2 aromatic rings. The van der Waals surface area contributed by atoms with Gasteiger partial charge in [-0.3, -0.25) is 14.6 Å². The number of aromatic nitrogens is 1. The lowest BCUT2D eigenvalue weighted by atomic mass is 9.93. The first-order valence-corrected chi connectivity index (χ1v) is 10.4. The first kappa shape index (κ1) is 19.6. The highest BCUT2D eigenvalue weighted by atomic mass is 16.5. The van der Waals surface area contributed by atoms with Crippen molar-refractivity contribution in [3.63, 3.8) is 0 Å². The number of anilines is 1. The molecule has 1 atom stereocenters. The number of aryl methyl sites for hydroxylation is 1. The van der Waals surface area contributed by atoms with Crippen molar-refractivity contribution in [1.29, 1.82) is 0 Å². The van der Waals surface area contributed by atoms with Crippen LogP contribution in [0.25, 0.3) is 0 Å². The molecule has 0 N–H and O–H groups in total. The van der Waals surface area contributed by atoms with Crippen LogP contribution in [0.4, 0.5) is 5.69 Å². The molecule has 1 spiro atoms. The van der Waals surface area contributed by atoms with Gasteiger partial charge in [0, 0.05) is 37.6 Å². The Balaban J connectivity index is 1.47. The summed E-state index contributed by atoms with van der Waals surface area (Å²) in [5, 5.41) is 0. The molecule has 152 valence electrons. The summed E-state index contributed by atoms with van der Waals surface area (Å²) in [6, 6.07) is 13.6. The Morgan fingerprint density at radius 1 is 1.10 bits per heavy atom. The number of para-hydroxylation sites is 1. The first-order valence-electron chi connectivity index (χ1n) is 10.4. The van der Waals surface area contributed by atoms with Gasteiger partial charge in [0.25, 0.3) is 5.91 Å². The van der Waals surface area contributed by atoms with Gasteiger partial charge >= 0.3 is 0 Å². The maximum absolute atomic E-state index is 13.5. The molecule has 0 bridgehead atoms. The molecule has 3 heterocycles. The van der Waals surface area contributed by atoms with Crippen LogP contribution in [0.5, 0.6) is 0 Å². The summed E-state index contributed by atoms with van der Waals surface area (Å²) < 4.78 is 6.10. The van der Waals surface area contributed by atoms with E-state index in [0.29, 0.717) is 45.5 Å². The molecule has 0 saturated carbocycles. The molecule has 2 saturated heterocycles. The molecule has 0 radical (unpaired) electrons. The third-order valence-corrected chi connectivity index (χ3v) is 5.80. The van der Waals surface area contributed by atoms with Gasteiger partial charge in [-0.05, 0) is 49.4 Å². The molecule has 6 heteroatoms. The summed E-state index contributed by atoms with van der Waals surface area (Å²) in [5.41, 5.74) is 1.00. The van der Waals surface area contributed by atoms with Crippen LogP contribution in [0.15, 0.2) is 54.9 Å². The quantitative estimate of drug-likeness (QED) is 0.801. The highest BCUT2D eigenvalue weighted by Gasteiger charge is 2.47. The molecule has 1 unspecified atom stereocenters. The van der Waals surface area contributed by atoms with Crippen LogP contribution in [0.1, 0.15) is 31.2 Å². The molecule has 0 aliphatic carbocycles. The van der Waals surface area contributed by atoms with E-state index in [0.717, 1.165) is 24.1 Å². The molecular weight excluding hydrogens is 366 g/mol. The van der Waals surface area contributed by atoms with Gasteiger partial charge < -0.3 is 14.5 Å². The zero-order valence-electron chi connectivity index (χ0n) is 16.6. The number of pyridine rings is 1. The van der Waals surface area contributed by atoms with E-state index in [1.54, 1.807) is 12.4 Å². The minimum Gasteiger partial charge on any atom is -0.361 e. The van der Waals surface area contributed by atoms with Crippen molar-refractivity contribution < 1.29 is 14.3 Å². The van der Waals surface area contributed by atoms with E-state index in [9.17, 15) is 9.59 Å². The number of morpholine rings is 1. The topological polar surface area (TPSA) is 62.7 Å². The Bertz CT molecular complexity index is 843. The van der Waals surface area contributed by atoms with Crippen molar-refractivity contribution in [2.45, 2.75) is 37.7 Å². The molecule has 1 aromatic heterocycles. The maximum atomic E-state index is 13.5. The minimum atomic E-state index is -0.936. The Morgan fingerprint density at radius 3 is 2.76 bits per heavy atom. The number of nitrogens with zero attached hydrogens (tertiary/aromatic N) is 3. The molecule has 6 nitrogen and oxygen atoms in total. The molecular formula is C23H27N3O3. The normalized spacial score (nSPS) is 22.6. The van der Waals surface area contributed by atoms with Crippen LogP contribution >= 0.6 is 0 Å². The van der Waals surface area contributed by atoms with Gasteiger partial charge in [0.15, 0.2) is 5.60 Å². The van der Waals surface area contributed by atoms with Gasteiger partial charge in [0.05, 0.1) is 13.2 Å². The fourth-order valence-corrected chi connectivity index (χ4v) is 4.22. The van der Waals surface area contributed by atoms with Crippen molar-refractivity contribution in [3.05, 3.63) is 60.4 Å². The average Bonchev–Trinajstić information content (AvgIpc) is 2.93. The van der Waals surface area contributed by atoms with Crippen LogP contribution in [-0.4, -0.2) is 53.5 Å². The van der Waals surface area contributed by atoms with Crippen LogP contribution in [0.2, 0.25) is 0 Å². The lowest BCUT2D eigenvalue weighted by Gasteiger charge is -2.42. The number of ether oxygens (including phenoxy) is 1. The molecule has 2 aliphatic rings. The van der Waals surface area contributed by atoms with E-state index < -0.39 is 5.60 Å². The van der Waals surface area contributed by atoms with E-state index in [2.05, 4.69) is 4.98 Å². The smallest absolute Gasteiger partial charge is 0.261 e. The third kappa shape index (κ3) is 4.32. The Labute approximate surface area is 171 Å². The lowest BCUT2D eigenvalue weighted by Crippen LogP contribution is -2.61. The summed E-state index contributed by atoms with van der Waals surface area (Å²) in [6.45, 7) is 1.95. The summed E-state index contributed by atoms with van der Waals surface area (Å²) in [4.78, 5) is 34.1. The zero-order chi connectivity index (χ0) is 20.1. The second-order valence-corrected chi connectivity index (χ2v) is 7.77. The SMILES string of the molecule is O=C(CCc1cccnc1)N1CCOC2(CCCCN(c3ccccc3)C2=O)C1. The van der Waals surface area contributed by atoms with Gasteiger partial charge in [-0.15, -0.1) is 0 Å². The highest BCUT2D eigenvalue weighted by Crippen LogP contribution is 2.32. The van der Waals surface area contributed by atoms with Crippen LogP contribution in [-0.2, 0) is 20.7 Å². The average molecular weight is 393 g/mol. The molecule has 29 heavy (non-hydrogen) atoms. The Hall–Kier alpha value is -2.73. The Kier molecular flexibility index (Phi) is 5.90. The van der Waals surface area contributed by atoms with Crippen molar-refractivity contribution in [2.75, 3.05) is 31.1 Å². The number of carbonyl (C=O) groups is 2. The van der Waals surface area contributed by atoms with E-state index in [1.807, 2.05) is 52.3 Å². The fourth-order valence-electron chi connectivity index (χ4n) is 4.22. The summed E-state index contributed by atoms with van der Waals surface area (Å²) >= 11 is 0. The predicted molar refractivity (Wildman–Crippen MR) is 110 cm³/mol. The maximum Gasteiger partial charge on any atom is 0.261 e. The predicted octanol–water partition coefficient (Wildman–Crippen LogP) is 2.83. The van der Waals surface area contributed by atoms with Gasteiger partial charge in [0.1, 0.15) is 0 Å². The van der Waals surface area contributed by atoms with Gasteiger partial charge in [-0.25, -0.2) is 0 Å². The lowest BCUT2D eigenvalue weighted by molar-refractivity contribution is -0.164. The van der Waals surface area contributed by atoms with Gasteiger partial charge in [-0.2, -0.15) is 0 Å². The number of amides is 2. The molecule has 4 rings (SSSR count). The summed E-state index contributed by atoms with van der Waals surface area (Å²) in [6.07, 6.45) is 7.09. The van der Waals surface area contributed by atoms with Crippen molar-refractivity contribution >= 4 is 17.5 Å². The largest absolute Gasteiger partial charge is 0.361 e. The van der Waals surface area contributed by atoms with Crippen LogP contribution in [0, 0.1) is 0 Å². The third-order valence-electron chi connectivity index (χ3n) is 5.80. The minimum absolute atomic E-state index is 0.0223. The van der Waals surface area contributed by atoms with E-state index in [4.69, 9.17) is 4.74 Å². The highest BCUT2D eigenvalue weighted by molar-refractivity contribution is 6.00. The van der Waals surface area contributed by atoms with Crippen molar-refractivity contribution in [3.8, 4) is 0 Å². The van der Waals surface area contributed by atoms with Crippen LogP contribution < -0.4 is 4.90 Å². The molecule has 2 fully saturated rings. The van der Waals surface area contributed by atoms with E-state index >= 15 is 0 Å².